The molecule has 2 aromatic rings. The second kappa shape index (κ2) is 7.61. The molecule has 1 aromatic heterocycles. The molecule has 1 aromatic carbocycles. The zero-order valence-electron chi connectivity index (χ0n) is 12.0. The Balaban J connectivity index is 2.36. The topological polar surface area (TPSA) is 47.0 Å². The Hall–Kier alpha value is -1.33. The van der Waals surface area contributed by atoms with Crippen LogP contribution in [-0.4, -0.2) is 16.5 Å². The Labute approximate surface area is 138 Å². The lowest BCUT2D eigenvalue weighted by Crippen LogP contribution is -2.06. The molecule has 0 radical (unpaired) electrons. The fraction of sp³-hybridized carbons (Fsp3) is 0.333. The van der Waals surface area contributed by atoms with E-state index < -0.39 is 0 Å². The van der Waals surface area contributed by atoms with Crippen molar-refractivity contribution in [2.75, 3.05) is 11.9 Å². The Kier molecular flexibility index (Phi) is 5.82. The first-order valence-electron chi connectivity index (χ1n) is 6.86. The molecule has 0 amide bonds. The van der Waals surface area contributed by atoms with Gasteiger partial charge >= 0.3 is 0 Å². The first kappa shape index (κ1) is 16.0. The molecule has 2 rings (SSSR count). The van der Waals surface area contributed by atoms with E-state index >= 15 is 0 Å². The second-order valence-corrected chi connectivity index (χ2v) is 5.75. The van der Waals surface area contributed by atoms with E-state index in [1.165, 1.54) is 6.33 Å². The van der Waals surface area contributed by atoms with Crippen LogP contribution in [0.1, 0.15) is 25.8 Å². The minimum Gasteiger partial charge on any atom is -0.437 e. The molecule has 21 heavy (non-hydrogen) atoms. The largest absolute Gasteiger partial charge is 0.437 e. The molecule has 0 unspecified atom stereocenters. The third-order valence-corrected chi connectivity index (χ3v) is 3.71. The normalized spacial score (nSPS) is 10.5. The minimum atomic E-state index is 0.575. The molecule has 0 saturated carbocycles. The lowest BCUT2D eigenvalue weighted by Gasteiger charge is -2.14. The number of hydrogen-bond donors (Lipinski definition) is 1. The molecular weight excluding hydrogens is 354 g/mol. The minimum absolute atomic E-state index is 0.575. The van der Waals surface area contributed by atoms with Gasteiger partial charge < -0.3 is 10.1 Å². The highest BCUT2D eigenvalue weighted by atomic mass is 79.9. The van der Waals surface area contributed by atoms with Gasteiger partial charge in [-0.3, -0.25) is 0 Å². The Bertz CT molecular complexity index is 622. The second-order valence-electron chi connectivity index (χ2n) is 4.46. The fourth-order valence-corrected chi connectivity index (χ4v) is 2.70. The van der Waals surface area contributed by atoms with Crippen LogP contribution in [0.4, 0.5) is 5.82 Å². The molecule has 0 aliphatic rings. The molecule has 4 nitrogen and oxygen atoms in total. The number of nitrogens with zero attached hydrogens (tertiary/aromatic N) is 2. The number of rotatable bonds is 6. The monoisotopic (exact) mass is 369 g/mol. The zero-order chi connectivity index (χ0) is 15.2. The first-order chi connectivity index (χ1) is 10.2. The third-order valence-electron chi connectivity index (χ3n) is 2.85. The van der Waals surface area contributed by atoms with E-state index in [4.69, 9.17) is 16.3 Å². The summed E-state index contributed by atoms with van der Waals surface area (Å²) < 4.78 is 6.73. The van der Waals surface area contributed by atoms with Gasteiger partial charge in [0.05, 0.1) is 10.0 Å². The number of halogens is 2. The van der Waals surface area contributed by atoms with Crippen LogP contribution >= 0.6 is 27.5 Å². The number of benzene rings is 1. The van der Waals surface area contributed by atoms with Crippen LogP contribution in [0, 0.1) is 0 Å². The van der Waals surface area contributed by atoms with E-state index in [2.05, 4.69) is 38.1 Å². The van der Waals surface area contributed by atoms with Gasteiger partial charge in [0, 0.05) is 11.6 Å². The van der Waals surface area contributed by atoms with Gasteiger partial charge in [0.1, 0.15) is 17.9 Å². The maximum Gasteiger partial charge on any atom is 0.227 e. The number of nitrogens with one attached hydrogen (secondary N) is 1. The smallest absolute Gasteiger partial charge is 0.227 e. The molecule has 6 heteroatoms. The van der Waals surface area contributed by atoms with Crippen molar-refractivity contribution in [1.29, 1.82) is 0 Å². The number of anilines is 1. The number of ether oxygens (including phenoxy) is 1. The summed E-state index contributed by atoms with van der Waals surface area (Å²) in [6.45, 7) is 4.96. The van der Waals surface area contributed by atoms with Gasteiger partial charge in [-0.25, -0.2) is 9.97 Å². The third kappa shape index (κ3) is 4.08. The predicted molar refractivity (Wildman–Crippen MR) is 89.4 cm³/mol. The molecule has 1 heterocycles. The Morgan fingerprint density at radius 1 is 1.29 bits per heavy atom. The van der Waals surface area contributed by atoms with Gasteiger partial charge in [0.2, 0.25) is 5.88 Å². The molecule has 0 aliphatic carbocycles. The van der Waals surface area contributed by atoms with Crippen LogP contribution in [0.15, 0.2) is 29.0 Å². The van der Waals surface area contributed by atoms with Crippen molar-refractivity contribution in [3.8, 4) is 11.6 Å². The van der Waals surface area contributed by atoms with Crippen molar-refractivity contribution in [2.24, 2.45) is 0 Å². The highest BCUT2D eigenvalue weighted by molar-refractivity contribution is 9.10. The van der Waals surface area contributed by atoms with Crippen LogP contribution in [-0.2, 0) is 6.42 Å². The lowest BCUT2D eigenvalue weighted by molar-refractivity contribution is 0.451. The fourth-order valence-electron chi connectivity index (χ4n) is 1.94. The van der Waals surface area contributed by atoms with Gasteiger partial charge in [-0.1, -0.05) is 24.9 Å². The van der Waals surface area contributed by atoms with Gasteiger partial charge in [-0.15, -0.1) is 0 Å². The molecule has 0 atom stereocenters. The quantitative estimate of drug-likeness (QED) is 0.771. The molecule has 112 valence electrons. The molecule has 0 spiro atoms. The standard InChI is InChI=1S/C15H17BrClN3O/c1-3-5-11-14(18-4-2)19-9-20-15(11)21-13-7-6-10(17)8-12(13)16/h6-9H,3-5H2,1-2H3,(H,18,19,20). The van der Waals surface area contributed by atoms with E-state index in [9.17, 15) is 0 Å². The SMILES string of the molecule is CCCc1c(NCC)ncnc1Oc1ccc(Cl)cc1Br. The van der Waals surface area contributed by atoms with Crippen molar-refractivity contribution in [1.82, 2.24) is 9.97 Å². The lowest BCUT2D eigenvalue weighted by atomic mass is 10.1. The van der Waals surface area contributed by atoms with Gasteiger partial charge in [-0.2, -0.15) is 0 Å². The highest BCUT2D eigenvalue weighted by Crippen LogP contribution is 2.34. The van der Waals surface area contributed by atoms with E-state index in [-0.39, 0.29) is 0 Å². The van der Waals surface area contributed by atoms with Crippen LogP contribution in [0.3, 0.4) is 0 Å². The van der Waals surface area contributed by atoms with Crippen molar-refractivity contribution in [3.63, 3.8) is 0 Å². The summed E-state index contributed by atoms with van der Waals surface area (Å²) in [7, 11) is 0. The molecule has 0 saturated heterocycles. The van der Waals surface area contributed by atoms with Crippen molar-refractivity contribution in [2.45, 2.75) is 26.7 Å². The Morgan fingerprint density at radius 2 is 2.10 bits per heavy atom. The maximum atomic E-state index is 5.95. The average molecular weight is 371 g/mol. The average Bonchev–Trinajstić information content (AvgIpc) is 2.45. The summed E-state index contributed by atoms with van der Waals surface area (Å²) in [5.74, 6) is 2.08. The van der Waals surface area contributed by atoms with Crippen molar-refractivity contribution in [3.05, 3.63) is 39.6 Å². The van der Waals surface area contributed by atoms with E-state index in [0.717, 1.165) is 35.2 Å². The van der Waals surface area contributed by atoms with Gasteiger partial charge in [0.15, 0.2) is 0 Å². The summed E-state index contributed by atoms with van der Waals surface area (Å²) in [5.41, 5.74) is 0.990. The van der Waals surface area contributed by atoms with E-state index in [1.54, 1.807) is 12.1 Å². The molecular formula is C15H17BrClN3O. The van der Waals surface area contributed by atoms with Crippen LogP contribution in [0.5, 0.6) is 11.6 Å². The van der Waals surface area contributed by atoms with Gasteiger partial charge in [0.25, 0.3) is 0 Å². The van der Waals surface area contributed by atoms with Gasteiger partial charge in [-0.05, 0) is 47.5 Å². The highest BCUT2D eigenvalue weighted by Gasteiger charge is 2.13. The number of aromatic nitrogens is 2. The van der Waals surface area contributed by atoms with Crippen LogP contribution in [0.25, 0.3) is 0 Å². The summed E-state index contributed by atoms with van der Waals surface area (Å²) in [4.78, 5) is 8.56. The van der Waals surface area contributed by atoms with Crippen molar-refractivity contribution >= 4 is 33.3 Å². The molecule has 0 bridgehead atoms. The Morgan fingerprint density at radius 3 is 2.76 bits per heavy atom. The molecule has 0 aliphatic heterocycles. The first-order valence-corrected chi connectivity index (χ1v) is 8.03. The van der Waals surface area contributed by atoms with E-state index in [0.29, 0.717) is 16.7 Å². The summed E-state index contributed by atoms with van der Waals surface area (Å²) in [5, 5.41) is 3.90. The summed E-state index contributed by atoms with van der Waals surface area (Å²) in [6.07, 6.45) is 3.35. The zero-order valence-corrected chi connectivity index (χ0v) is 14.3. The van der Waals surface area contributed by atoms with Crippen molar-refractivity contribution < 1.29 is 4.74 Å². The summed E-state index contributed by atoms with van der Waals surface area (Å²) in [6, 6.07) is 5.40. The molecule has 1 N–H and O–H groups in total. The van der Waals surface area contributed by atoms with E-state index in [1.807, 2.05) is 13.0 Å². The summed E-state index contributed by atoms with van der Waals surface area (Å²) >= 11 is 9.40. The number of hydrogen-bond acceptors (Lipinski definition) is 4. The van der Waals surface area contributed by atoms with Crippen LogP contribution in [0.2, 0.25) is 5.02 Å². The molecule has 0 fully saturated rings. The maximum absolute atomic E-state index is 5.95. The predicted octanol–water partition coefficient (Wildman–Crippen LogP) is 5.07. The van der Waals surface area contributed by atoms with Crippen LogP contribution < -0.4 is 10.1 Å².